The van der Waals surface area contributed by atoms with Crippen LogP contribution in [0, 0.1) is 5.82 Å². The molecule has 0 N–H and O–H groups in total. The van der Waals surface area contributed by atoms with Crippen LogP contribution in [0.3, 0.4) is 0 Å². The van der Waals surface area contributed by atoms with E-state index in [0.29, 0.717) is 13.1 Å². The molecule has 0 saturated carbocycles. The fraction of sp³-hybridized carbons (Fsp3) is 0.450. The van der Waals surface area contributed by atoms with Crippen LogP contribution in [0.2, 0.25) is 0 Å². The number of carbonyl (C=O) groups is 1. The minimum atomic E-state index is -0.198. The molecular formula is C20H23FN2O2S. The van der Waals surface area contributed by atoms with Gasteiger partial charge >= 0.3 is 0 Å². The summed E-state index contributed by atoms with van der Waals surface area (Å²) in [6.07, 6.45) is 2.32. The van der Waals surface area contributed by atoms with Gasteiger partial charge in [-0.25, -0.2) is 4.39 Å². The van der Waals surface area contributed by atoms with Crippen molar-refractivity contribution in [2.45, 2.75) is 25.5 Å². The van der Waals surface area contributed by atoms with Gasteiger partial charge in [-0.15, -0.1) is 11.3 Å². The molecule has 2 fully saturated rings. The van der Waals surface area contributed by atoms with Crippen molar-refractivity contribution in [3.63, 3.8) is 0 Å². The molecule has 1 aromatic carbocycles. The van der Waals surface area contributed by atoms with Crippen LogP contribution >= 0.6 is 11.3 Å². The summed E-state index contributed by atoms with van der Waals surface area (Å²) in [4.78, 5) is 18.9. The molecule has 2 aromatic rings. The Hall–Kier alpha value is -1.76. The molecule has 0 aliphatic carbocycles. The Morgan fingerprint density at radius 1 is 1.19 bits per heavy atom. The SMILES string of the molecule is O=C(c1ccc([C@@H]2CCCO2)s1)N1CCN(Cc2cccc(F)c2)CC1. The third-order valence-electron chi connectivity index (χ3n) is 5.04. The second-order valence-corrected chi connectivity index (χ2v) is 8.02. The number of hydrogen-bond donors (Lipinski definition) is 0. The Balaban J connectivity index is 1.32. The van der Waals surface area contributed by atoms with Gasteiger partial charge in [-0.3, -0.25) is 9.69 Å². The minimum absolute atomic E-state index is 0.115. The molecule has 138 valence electrons. The van der Waals surface area contributed by atoms with Gasteiger partial charge < -0.3 is 9.64 Å². The van der Waals surface area contributed by atoms with Crippen molar-refractivity contribution >= 4 is 17.2 Å². The van der Waals surface area contributed by atoms with Crippen LogP contribution in [0.15, 0.2) is 36.4 Å². The summed E-state index contributed by atoms with van der Waals surface area (Å²) in [5.74, 6) is -0.0827. The number of rotatable bonds is 4. The summed E-state index contributed by atoms with van der Waals surface area (Å²) < 4.78 is 19.0. The molecule has 26 heavy (non-hydrogen) atoms. The highest BCUT2D eigenvalue weighted by atomic mass is 32.1. The summed E-state index contributed by atoms with van der Waals surface area (Å²) in [6, 6.07) is 10.7. The first kappa shape index (κ1) is 17.6. The van der Waals surface area contributed by atoms with E-state index in [9.17, 15) is 9.18 Å². The molecule has 0 radical (unpaired) electrons. The van der Waals surface area contributed by atoms with Gasteiger partial charge in [0.05, 0.1) is 11.0 Å². The van der Waals surface area contributed by atoms with E-state index >= 15 is 0 Å². The van der Waals surface area contributed by atoms with Crippen molar-refractivity contribution in [3.05, 3.63) is 57.5 Å². The summed E-state index contributed by atoms with van der Waals surface area (Å²) in [5.41, 5.74) is 0.976. The molecule has 0 bridgehead atoms. The highest BCUT2D eigenvalue weighted by molar-refractivity contribution is 7.14. The Labute approximate surface area is 157 Å². The molecule has 0 unspecified atom stereocenters. The molecule has 1 atom stereocenters. The maximum Gasteiger partial charge on any atom is 0.264 e. The number of halogens is 1. The Morgan fingerprint density at radius 2 is 2.04 bits per heavy atom. The van der Waals surface area contributed by atoms with Crippen molar-refractivity contribution in [1.82, 2.24) is 9.80 Å². The molecule has 2 saturated heterocycles. The molecule has 2 aliphatic heterocycles. The van der Waals surface area contributed by atoms with E-state index in [1.54, 1.807) is 23.5 Å². The van der Waals surface area contributed by atoms with Crippen LogP contribution in [-0.4, -0.2) is 48.5 Å². The Bertz CT molecular complexity index is 765. The van der Waals surface area contributed by atoms with Gasteiger partial charge in [0.15, 0.2) is 0 Å². The van der Waals surface area contributed by atoms with Crippen LogP contribution in [-0.2, 0) is 11.3 Å². The lowest BCUT2D eigenvalue weighted by Gasteiger charge is -2.34. The van der Waals surface area contributed by atoms with Crippen LogP contribution in [0.5, 0.6) is 0 Å². The normalized spacial score (nSPS) is 21.3. The lowest BCUT2D eigenvalue weighted by molar-refractivity contribution is 0.0633. The van der Waals surface area contributed by atoms with Gasteiger partial charge in [-0.05, 0) is 42.7 Å². The third-order valence-corrected chi connectivity index (χ3v) is 6.20. The number of piperazine rings is 1. The van der Waals surface area contributed by atoms with Crippen molar-refractivity contribution < 1.29 is 13.9 Å². The van der Waals surface area contributed by atoms with Crippen LogP contribution in [0.4, 0.5) is 4.39 Å². The van der Waals surface area contributed by atoms with E-state index in [1.165, 1.54) is 6.07 Å². The van der Waals surface area contributed by atoms with Gasteiger partial charge in [0.1, 0.15) is 5.82 Å². The third kappa shape index (κ3) is 3.98. The summed E-state index contributed by atoms with van der Waals surface area (Å²) in [7, 11) is 0. The fourth-order valence-electron chi connectivity index (χ4n) is 3.60. The zero-order valence-corrected chi connectivity index (χ0v) is 15.5. The average molecular weight is 374 g/mol. The number of nitrogens with zero attached hydrogens (tertiary/aromatic N) is 2. The van der Waals surface area contributed by atoms with Crippen LogP contribution in [0.25, 0.3) is 0 Å². The average Bonchev–Trinajstić information content (AvgIpc) is 3.33. The first-order valence-corrected chi connectivity index (χ1v) is 9.98. The zero-order valence-electron chi connectivity index (χ0n) is 14.7. The van der Waals surface area contributed by atoms with Crippen molar-refractivity contribution in [2.24, 2.45) is 0 Å². The monoisotopic (exact) mass is 374 g/mol. The number of ether oxygens (including phenoxy) is 1. The lowest BCUT2D eigenvalue weighted by Crippen LogP contribution is -2.48. The number of carbonyl (C=O) groups excluding carboxylic acids is 1. The zero-order chi connectivity index (χ0) is 17.9. The second-order valence-electron chi connectivity index (χ2n) is 6.90. The standard InChI is InChI=1S/C20H23FN2O2S/c21-16-4-1-3-15(13-16)14-22-8-10-23(11-9-22)20(24)19-7-6-18(26-19)17-5-2-12-25-17/h1,3-4,6-7,13,17H,2,5,8-12,14H2/t17-/m0/s1. The van der Waals surface area contributed by atoms with Gasteiger partial charge in [-0.2, -0.15) is 0 Å². The first-order valence-electron chi connectivity index (χ1n) is 9.16. The molecule has 6 heteroatoms. The predicted molar refractivity (Wildman–Crippen MR) is 99.8 cm³/mol. The summed E-state index contributed by atoms with van der Waals surface area (Å²) >= 11 is 1.57. The molecule has 3 heterocycles. The first-order chi connectivity index (χ1) is 12.7. The second kappa shape index (κ2) is 7.86. The largest absolute Gasteiger partial charge is 0.373 e. The fourth-order valence-corrected chi connectivity index (χ4v) is 4.66. The van der Waals surface area contributed by atoms with E-state index in [2.05, 4.69) is 4.90 Å². The van der Waals surface area contributed by atoms with E-state index in [1.807, 2.05) is 23.1 Å². The molecule has 4 nitrogen and oxygen atoms in total. The molecule has 4 rings (SSSR count). The summed E-state index contributed by atoms with van der Waals surface area (Å²) in [6.45, 7) is 4.59. The minimum Gasteiger partial charge on any atom is -0.373 e. The molecule has 1 aromatic heterocycles. The quantitative estimate of drug-likeness (QED) is 0.818. The van der Waals surface area contributed by atoms with Gasteiger partial charge in [-0.1, -0.05) is 12.1 Å². The Morgan fingerprint density at radius 3 is 2.77 bits per heavy atom. The maximum atomic E-state index is 13.3. The molecule has 0 spiro atoms. The highest BCUT2D eigenvalue weighted by Gasteiger charge is 2.25. The lowest BCUT2D eigenvalue weighted by atomic mass is 10.2. The van der Waals surface area contributed by atoms with Gasteiger partial charge in [0, 0.05) is 44.2 Å². The van der Waals surface area contributed by atoms with Crippen molar-refractivity contribution in [2.75, 3.05) is 32.8 Å². The molecule has 1 amide bonds. The number of benzene rings is 1. The number of amides is 1. The van der Waals surface area contributed by atoms with E-state index in [4.69, 9.17) is 4.74 Å². The molecular weight excluding hydrogens is 351 g/mol. The predicted octanol–water partition coefficient (Wildman–Crippen LogP) is 3.70. The summed E-state index contributed by atoms with van der Waals surface area (Å²) in [5, 5.41) is 0. The van der Waals surface area contributed by atoms with E-state index in [0.717, 1.165) is 54.4 Å². The van der Waals surface area contributed by atoms with E-state index in [-0.39, 0.29) is 17.8 Å². The smallest absolute Gasteiger partial charge is 0.264 e. The topological polar surface area (TPSA) is 32.8 Å². The molecule has 2 aliphatic rings. The number of hydrogen-bond acceptors (Lipinski definition) is 4. The highest BCUT2D eigenvalue weighted by Crippen LogP contribution is 2.33. The Kier molecular flexibility index (Phi) is 5.33. The number of thiophene rings is 1. The van der Waals surface area contributed by atoms with Crippen molar-refractivity contribution in [1.29, 1.82) is 0 Å². The van der Waals surface area contributed by atoms with E-state index < -0.39 is 0 Å². The van der Waals surface area contributed by atoms with Gasteiger partial charge in [0.2, 0.25) is 0 Å². The van der Waals surface area contributed by atoms with Gasteiger partial charge in [0.25, 0.3) is 5.91 Å². The van der Waals surface area contributed by atoms with Crippen LogP contribution in [0.1, 0.15) is 39.1 Å². The maximum absolute atomic E-state index is 13.3. The van der Waals surface area contributed by atoms with Crippen LogP contribution < -0.4 is 0 Å². The van der Waals surface area contributed by atoms with Crippen molar-refractivity contribution in [3.8, 4) is 0 Å².